The van der Waals surface area contributed by atoms with E-state index in [2.05, 4.69) is 27.8 Å². The summed E-state index contributed by atoms with van der Waals surface area (Å²) in [6, 6.07) is 29.8. The molecule has 4 aromatic carbocycles. The molecular formula is C28H21N5O3. The van der Waals surface area contributed by atoms with Crippen molar-refractivity contribution in [3.05, 3.63) is 124 Å². The zero-order chi connectivity index (χ0) is 25.1. The molecule has 5 rings (SSSR count). The number of fused-ring (bicyclic) bond motifs is 1. The Labute approximate surface area is 206 Å². The van der Waals surface area contributed by atoms with Crippen LogP contribution in [0.15, 0.2) is 102 Å². The van der Waals surface area contributed by atoms with Gasteiger partial charge in [0.2, 0.25) is 0 Å². The summed E-state index contributed by atoms with van der Waals surface area (Å²) in [5.74, 6) is -0.495. The minimum absolute atomic E-state index is 0.0535. The van der Waals surface area contributed by atoms with Crippen LogP contribution < -0.4 is 5.43 Å². The van der Waals surface area contributed by atoms with Gasteiger partial charge in [-0.15, -0.1) is 0 Å². The molecule has 0 bridgehead atoms. The number of nitro benzene ring substituents is 1. The number of hydrazone groups is 1. The standard InChI is InChI=1S/C28H21N5O3/c1-19-6-4-10-24(14-19)32-27(23-13-12-21-8-2-3-9-22(21)16-23)17-26(31-32)28(34)30-29-18-20-7-5-11-25(15-20)33(35)36/h2-18H,1H3,(H,30,34)/b29-18-. The fourth-order valence-electron chi connectivity index (χ4n) is 3.94. The minimum atomic E-state index is -0.495. The van der Waals surface area contributed by atoms with Gasteiger partial charge in [0.25, 0.3) is 11.6 Å². The summed E-state index contributed by atoms with van der Waals surface area (Å²) < 4.78 is 1.75. The van der Waals surface area contributed by atoms with Crippen LogP contribution in [0.25, 0.3) is 27.7 Å². The molecular weight excluding hydrogens is 454 g/mol. The number of nitro groups is 1. The molecule has 0 aliphatic heterocycles. The van der Waals surface area contributed by atoms with Crippen molar-refractivity contribution in [2.75, 3.05) is 0 Å². The Morgan fingerprint density at radius 1 is 0.944 bits per heavy atom. The van der Waals surface area contributed by atoms with Crippen molar-refractivity contribution in [2.45, 2.75) is 6.92 Å². The van der Waals surface area contributed by atoms with Crippen molar-refractivity contribution < 1.29 is 9.72 Å². The number of amides is 1. The highest BCUT2D eigenvalue weighted by Crippen LogP contribution is 2.28. The maximum absolute atomic E-state index is 12.9. The van der Waals surface area contributed by atoms with Crippen molar-refractivity contribution in [1.82, 2.24) is 15.2 Å². The summed E-state index contributed by atoms with van der Waals surface area (Å²) in [5, 5.41) is 21.7. The molecule has 0 saturated carbocycles. The monoisotopic (exact) mass is 475 g/mol. The Kier molecular flexibility index (Phi) is 6.07. The summed E-state index contributed by atoms with van der Waals surface area (Å²) in [5.41, 5.74) is 6.68. The highest BCUT2D eigenvalue weighted by Gasteiger charge is 2.17. The third-order valence-electron chi connectivity index (χ3n) is 5.69. The smallest absolute Gasteiger partial charge is 0.265 e. The Hall–Kier alpha value is -5.11. The quantitative estimate of drug-likeness (QED) is 0.194. The minimum Gasteiger partial charge on any atom is -0.265 e. The molecule has 0 aliphatic rings. The van der Waals surface area contributed by atoms with Crippen molar-refractivity contribution in [3.63, 3.8) is 0 Å². The maximum Gasteiger partial charge on any atom is 0.291 e. The lowest BCUT2D eigenvalue weighted by atomic mass is 10.0. The van der Waals surface area contributed by atoms with Gasteiger partial charge in [0.15, 0.2) is 5.69 Å². The van der Waals surface area contributed by atoms with Gasteiger partial charge in [0.05, 0.1) is 22.5 Å². The van der Waals surface area contributed by atoms with Crippen LogP contribution >= 0.6 is 0 Å². The lowest BCUT2D eigenvalue weighted by Gasteiger charge is -2.09. The molecule has 36 heavy (non-hydrogen) atoms. The molecule has 0 aliphatic carbocycles. The highest BCUT2D eigenvalue weighted by molar-refractivity contribution is 5.95. The fourth-order valence-corrected chi connectivity index (χ4v) is 3.94. The van der Waals surface area contributed by atoms with Crippen LogP contribution in [0.2, 0.25) is 0 Å². The molecule has 176 valence electrons. The molecule has 1 aromatic heterocycles. The van der Waals surface area contributed by atoms with Gasteiger partial charge in [-0.25, -0.2) is 10.1 Å². The molecule has 0 spiro atoms. The Bertz CT molecular complexity index is 1640. The average molecular weight is 476 g/mol. The lowest BCUT2D eigenvalue weighted by Crippen LogP contribution is -2.18. The molecule has 8 heteroatoms. The van der Waals surface area contributed by atoms with Gasteiger partial charge in [0.1, 0.15) is 0 Å². The van der Waals surface area contributed by atoms with E-state index >= 15 is 0 Å². The molecule has 0 unspecified atom stereocenters. The number of non-ortho nitro benzene ring substituents is 1. The van der Waals surface area contributed by atoms with Gasteiger partial charge >= 0.3 is 0 Å². The zero-order valence-corrected chi connectivity index (χ0v) is 19.3. The summed E-state index contributed by atoms with van der Waals surface area (Å²) in [6.45, 7) is 2.00. The molecule has 1 amide bonds. The molecule has 1 N–H and O–H groups in total. The highest BCUT2D eigenvalue weighted by atomic mass is 16.6. The molecule has 8 nitrogen and oxygen atoms in total. The largest absolute Gasteiger partial charge is 0.291 e. The van der Waals surface area contributed by atoms with Crippen molar-refractivity contribution >= 4 is 28.6 Å². The number of rotatable bonds is 6. The Morgan fingerprint density at radius 3 is 2.56 bits per heavy atom. The summed E-state index contributed by atoms with van der Waals surface area (Å²) in [4.78, 5) is 23.4. The number of carbonyl (C=O) groups excluding carboxylic acids is 1. The van der Waals surface area contributed by atoms with Crippen LogP contribution in [0.1, 0.15) is 21.6 Å². The number of nitrogens with one attached hydrogen (secondary N) is 1. The van der Waals surface area contributed by atoms with E-state index in [0.717, 1.165) is 33.3 Å². The molecule has 0 radical (unpaired) electrons. The first-order valence-corrected chi connectivity index (χ1v) is 11.2. The first kappa shape index (κ1) is 22.7. The second kappa shape index (κ2) is 9.63. The van der Waals surface area contributed by atoms with Crippen LogP contribution in [0.4, 0.5) is 5.69 Å². The lowest BCUT2D eigenvalue weighted by molar-refractivity contribution is -0.384. The first-order chi connectivity index (χ1) is 17.5. The second-order valence-electron chi connectivity index (χ2n) is 8.28. The third-order valence-corrected chi connectivity index (χ3v) is 5.69. The SMILES string of the molecule is Cc1cccc(-n2nc(C(=O)N/N=C\c3cccc([N+](=O)[O-])c3)cc2-c2ccc3ccccc3c2)c1. The number of aryl methyl sites for hydroxylation is 1. The van der Waals surface area contributed by atoms with Gasteiger partial charge in [-0.05, 0) is 47.5 Å². The molecule has 0 fully saturated rings. The summed E-state index contributed by atoms with van der Waals surface area (Å²) in [7, 11) is 0. The third kappa shape index (κ3) is 4.74. The van der Waals surface area contributed by atoms with E-state index in [1.807, 2.05) is 61.5 Å². The van der Waals surface area contributed by atoms with Gasteiger partial charge in [-0.2, -0.15) is 10.2 Å². The van der Waals surface area contributed by atoms with Crippen molar-refractivity contribution in [3.8, 4) is 16.9 Å². The second-order valence-corrected chi connectivity index (χ2v) is 8.28. The predicted octanol–water partition coefficient (Wildman–Crippen LogP) is 5.67. The van der Waals surface area contributed by atoms with Gasteiger partial charge < -0.3 is 0 Å². The Morgan fingerprint density at radius 2 is 1.75 bits per heavy atom. The van der Waals surface area contributed by atoms with E-state index in [4.69, 9.17) is 0 Å². The van der Waals surface area contributed by atoms with Gasteiger partial charge in [-0.3, -0.25) is 14.9 Å². The van der Waals surface area contributed by atoms with Crippen LogP contribution in [0.5, 0.6) is 0 Å². The van der Waals surface area contributed by atoms with Gasteiger partial charge in [0, 0.05) is 23.3 Å². The van der Waals surface area contributed by atoms with E-state index in [1.165, 1.54) is 18.3 Å². The van der Waals surface area contributed by atoms with E-state index in [9.17, 15) is 14.9 Å². The van der Waals surface area contributed by atoms with Crippen LogP contribution in [0, 0.1) is 17.0 Å². The predicted molar refractivity (Wildman–Crippen MR) is 139 cm³/mol. The van der Waals surface area contributed by atoms with Crippen molar-refractivity contribution in [2.24, 2.45) is 5.10 Å². The fraction of sp³-hybridized carbons (Fsp3) is 0.0357. The first-order valence-electron chi connectivity index (χ1n) is 11.2. The van der Waals surface area contributed by atoms with Crippen LogP contribution in [0.3, 0.4) is 0 Å². The molecule has 0 atom stereocenters. The number of benzene rings is 4. The molecule has 5 aromatic rings. The molecule has 0 saturated heterocycles. The topological polar surface area (TPSA) is 102 Å². The van der Waals surface area contributed by atoms with E-state index in [0.29, 0.717) is 5.56 Å². The number of carbonyl (C=O) groups is 1. The number of hydrogen-bond donors (Lipinski definition) is 1. The number of hydrogen-bond acceptors (Lipinski definition) is 5. The Balaban J connectivity index is 1.48. The van der Waals surface area contributed by atoms with Gasteiger partial charge in [-0.1, -0.05) is 60.7 Å². The zero-order valence-electron chi connectivity index (χ0n) is 19.3. The summed E-state index contributed by atoms with van der Waals surface area (Å²) >= 11 is 0. The number of aromatic nitrogens is 2. The molecule has 1 heterocycles. The average Bonchev–Trinajstić information content (AvgIpc) is 3.34. The van der Waals surface area contributed by atoms with Crippen molar-refractivity contribution in [1.29, 1.82) is 0 Å². The number of nitrogens with zero attached hydrogens (tertiary/aromatic N) is 4. The van der Waals surface area contributed by atoms with E-state index in [-0.39, 0.29) is 11.4 Å². The van der Waals surface area contributed by atoms with E-state index < -0.39 is 10.8 Å². The summed E-state index contributed by atoms with van der Waals surface area (Å²) in [6.07, 6.45) is 1.35. The van der Waals surface area contributed by atoms with Crippen LogP contribution in [-0.4, -0.2) is 26.8 Å². The van der Waals surface area contributed by atoms with Crippen LogP contribution in [-0.2, 0) is 0 Å². The maximum atomic E-state index is 12.9. The normalized spacial score (nSPS) is 11.1. The van der Waals surface area contributed by atoms with E-state index in [1.54, 1.807) is 22.9 Å².